The summed E-state index contributed by atoms with van der Waals surface area (Å²) in [6, 6.07) is 9.96. The standard InChI is InChI=1S/C25H30FN5O2.C8H7F2NO/c1-15(2)14-20-21(24(27)32)23(31-12-4-5-13-31)22(25-30-29-16(3)33-25)19(28-20)11-8-17-6-9-18(26)10-7-17;9-7-2-1-6(3-8(7)10)4-11-5-12/h6-7,9-10,15H,4-5,8,11-14H2,1-3H3,(H2,27,32);1-3,5H,4H2,(H,11,12). The summed E-state index contributed by atoms with van der Waals surface area (Å²) in [7, 11) is 0. The SMILES string of the molecule is Cc1nnc(-c2c(CCc3ccc(F)cc3)nc(CC(C)C)c(C(N)=O)c2N2CCCC2)o1.O=CNCc1ccc(F)c(F)c1. The van der Waals surface area contributed by atoms with E-state index in [-0.39, 0.29) is 12.4 Å². The summed E-state index contributed by atoms with van der Waals surface area (Å²) in [4.78, 5) is 29.7. The summed E-state index contributed by atoms with van der Waals surface area (Å²) >= 11 is 0. The summed E-state index contributed by atoms with van der Waals surface area (Å²) in [5.41, 5.74) is 10.8. The summed E-state index contributed by atoms with van der Waals surface area (Å²) in [6.07, 6.45) is 4.44. The van der Waals surface area contributed by atoms with Crippen molar-refractivity contribution in [1.29, 1.82) is 0 Å². The molecule has 2 amide bonds. The number of nitrogens with two attached hydrogens (primary N) is 1. The molecule has 3 heterocycles. The highest BCUT2D eigenvalue weighted by Gasteiger charge is 2.31. The van der Waals surface area contributed by atoms with Gasteiger partial charge in [0, 0.05) is 26.6 Å². The van der Waals surface area contributed by atoms with E-state index >= 15 is 0 Å². The highest BCUT2D eigenvalue weighted by molar-refractivity contribution is 6.03. The zero-order chi connectivity index (χ0) is 32.5. The maximum absolute atomic E-state index is 13.4. The summed E-state index contributed by atoms with van der Waals surface area (Å²) < 4.78 is 44.1. The lowest BCUT2D eigenvalue weighted by Gasteiger charge is -2.26. The van der Waals surface area contributed by atoms with Crippen LogP contribution in [0.2, 0.25) is 0 Å². The number of aryl methyl sites for hydroxylation is 3. The van der Waals surface area contributed by atoms with Crippen molar-refractivity contribution in [2.24, 2.45) is 11.7 Å². The minimum Gasteiger partial charge on any atom is -0.421 e. The molecule has 9 nitrogen and oxygen atoms in total. The van der Waals surface area contributed by atoms with Crippen molar-refractivity contribution < 1.29 is 27.2 Å². The lowest BCUT2D eigenvalue weighted by molar-refractivity contribution is -0.109. The van der Waals surface area contributed by atoms with Crippen LogP contribution in [0, 0.1) is 30.3 Å². The van der Waals surface area contributed by atoms with Gasteiger partial charge in [0.25, 0.3) is 11.8 Å². The Bertz CT molecular complexity index is 1620. The lowest BCUT2D eigenvalue weighted by atomic mass is 9.94. The number of hydrogen-bond donors (Lipinski definition) is 2. The van der Waals surface area contributed by atoms with E-state index in [9.17, 15) is 22.8 Å². The van der Waals surface area contributed by atoms with E-state index in [1.165, 1.54) is 18.2 Å². The van der Waals surface area contributed by atoms with Gasteiger partial charge in [-0.25, -0.2) is 13.2 Å². The molecule has 0 atom stereocenters. The van der Waals surface area contributed by atoms with Crippen LogP contribution < -0.4 is 16.0 Å². The van der Waals surface area contributed by atoms with Crippen LogP contribution in [0.5, 0.6) is 0 Å². The number of benzene rings is 2. The fourth-order valence-corrected chi connectivity index (χ4v) is 5.25. The normalized spacial score (nSPS) is 12.6. The van der Waals surface area contributed by atoms with Crippen LogP contribution in [0.1, 0.15) is 65.5 Å². The van der Waals surface area contributed by atoms with Crippen LogP contribution in [0.4, 0.5) is 18.9 Å². The fraction of sp³-hybridized carbons (Fsp3) is 0.364. The Hall–Kier alpha value is -4.74. The van der Waals surface area contributed by atoms with E-state index < -0.39 is 17.5 Å². The van der Waals surface area contributed by atoms with Gasteiger partial charge in [-0.3, -0.25) is 14.6 Å². The van der Waals surface area contributed by atoms with Crippen LogP contribution in [0.25, 0.3) is 11.5 Å². The number of rotatable bonds is 11. The van der Waals surface area contributed by atoms with Crippen molar-refractivity contribution in [3.63, 3.8) is 0 Å². The van der Waals surface area contributed by atoms with Crippen molar-refractivity contribution in [3.05, 3.63) is 93.9 Å². The number of aromatic nitrogens is 3. The molecule has 2 aromatic carbocycles. The molecule has 1 fully saturated rings. The first-order valence-electron chi connectivity index (χ1n) is 14.8. The summed E-state index contributed by atoms with van der Waals surface area (Å²) in [5.74, 6) is -1.47. The Morgan fingerprint density at radius 1 is 1.00 bits per heavy atom. The minimum absolute atomic E-state index is 0.209. The predicted octanol–water partition coefficient (Wildman–Crippen LogP) is 5.47. The molecule has 2 aromatic heterocycles. The number of hydrogen-bond acceptors (Lipinski definition) is 7. The van der Waals surface area contributed by atoms with E-state index in [4.69, 9.17) is 15.1 Å². The molecule has 5 rings (SSSR count). The van der Waals surface area contributed by atoms with Gasteiger partial charge in [0.15, 0.2) is 11.6 Å². The number of anilines is 1. The monoisotopic (exact) mass is 622 g/mol. The quantitative estimate of drug-likeness (QED) is 0.212. The van der Waals surface area contributed by atoms with Crippen molar-refractivity contribution in [3.8, 4) is 11.5 Å². The number of nitrogens with zero attached hydrogens (tertiary/aromatic N) is 4. The molecule has 1 saturated heterocycles. The molecular weight excluding hydrogens is 585 g/mol. The van der Waals surface area contributed by atoms with Crippen molar-refractivity contribution in [2.45, 2.75) is 59.4 Å². The van der Waals surface area contributed by atoms with Crippen molar-refractivity contribution >= 4 is 18.0 Å². The van der Waals surface area contributed by atoms with Crippen molar-refractivity contribution in [1.82, 2.24) is 20.5 Å². The molecule has 4 aromatic rings. The Balaban J connectivity index is 0.000000323. The highest BCUT2D eigenvalue weighted by Crippen LogP contribution is 2.40. The molecule has 0 aliphatic carbocycles. The first kappa shape index (κ1) is 33.2. The van der Waals surface area contributed by atoms with Gasteiger partial charge in [0.05, 0.1) is 28.2 Å². The second-order valence-electron chi connectivity index (χ2n) is 11.3. The van der Waals surface area contributed by atoms with Gasteiger partial charge in [-0.1, -0.05) is 32.0 Å². The van der Waals surface area contributed by atoms with Gasteiger partial charge in [0.2, 0.25) is 12.3 Å². The van der Waals surface area contributed by atoms with Crippen LogP contribution in [0.3, 0.4) is 0 Å². The molecule has 45 heavy (non-hydrogen) atoms. The number of carbonyl (C=O) groups excluding carboxylic acids is 2. The number of amides is 2. The average Bonchev–Trinajstić information content (AvgIpc) is 3.69. The maximum Gasteiger partial charge on any atom is 0.252 e. The lowest BCUT2D eigenvalue weighted by Crippen LogP contribution is -2.27. The first-order valence-corrected chi connectivity index (χ1v) is 14.8. The van der Waals surface area contributed by atoms with Gasteiger partial charge in [-0.15, -0.1) is 10.2 Å². The third-order valence-electron chi connectivity index (χ3n) is 7.27. The van der Waals surface area contributed by atoms with E-state index in [0.29, 0.717) is 65.8 Å². The zero-order valence-corrected chi connectivity index (χ0v) is 25.6. The number of halogens is 3. The topological polar surface area (TPSA) is 127 Å². The maximum atomic E-state index is 13.4. The van der Waals surface area contributed by atoms with Crippen LogP contribution in [0.15, 0.2) is 46.9 Å². The molecule has 0 spiro atoms. The number of pyridine rings is 1. The third-order valence-corrected chi connectivity index (χ3v) is 7.27. The first-order chi connectivity index (χ1) is 21.6. The Morgan fingerprint density at radius 2 is 1.69 bits per heavy atom. The van der Waals surface area contributed by atoms with Gasteiger partial charge in [-0.2, -0.15) is 0 Å². The molecule has 12 heteroatoms. The molecule has 1 aliphatic rings. The molecule has 1 aliphatic heterocycles. The number of nitrogens with one attached hydrogen (secondary N) is 1. The minimum atomic E-state index is -0.903. The number of carbonyl (C=O) groups is 2. The molecule has 0 saturated carbocycles. The Labute approximate surface area is 260 Å². The molecule has 0 radical (unpaired) electrons. The zero-order valence-electron chi connectivity index (χ0n) is 25.6. The average molecular weight is 623 g/mol. The van der Waals surface area contributed by atoms with E-state index in [0.717, 1.165) is 55.0 Å². The number of primary amides is 1. The van der Waals surface area contributed by atoms with E-state index in [2.05, 4.69) is 34.3 Å². The molecule has 3 N–H and O–H groups in total. The van der Waals surface area contributed by atoms with Crippen LogP contribution in [-0.2, 0) is 30.6 Å². The molecule has 0 bridgehead atoms. The summed E-state index contributed by atoms with van der Waals surface area (Å²) in [6.45, 7) is 7.78. The Morgan fingerprint density at radius 3 is 2.27 bits per heavy atom. The molecular formula is C33H37F3N6O3. The van der Waals surface area contributed by atoms with Gasteiger partial charge in [0.1, 0.15) is 5.82 Å². The van der Waals surface area contributed by atoms with Crippen LogP contribution >= 0.6 is 0 Å². The molecule has 0 unspecified atom stereocenters. The van der Waals surface area contributed by atoms with E-state index in [1.807, 2.05) is 0 Å². The van der Waals surface area contributed by atoms with Crippen molar-refractivity contribution in [2.75, 3.05) is 18.0 Å². The molecule has 238 valence electrons. The van der Waals surface area contributed by atoms with Gasteiger partial charge < -0.3 is 20.4 Å². The van der Waals surface area contributed by atoms with Gasteiger partial charge >= 0.3 is 0 Å². The highest BCUT2D eigenvalue weighted by atomic mass is 19.2. The largest absolute Gasteiger partial charge is 0.421 e. The van der Waals surface area contributed by atoms with Gasteiger partial charge in [-0.05, 0) is 73.4 Å². The van der Waals surface area contributed by atoms with Crippen LogP contribution in [-0.4, -0.2) is 40.6 Å². The smallest absolute Gasteiger partial charge is 0.252 e. The third kappa shape index (κ3) is 8.68. The Kier molecular flexibility index (Phi) is 11.3. The van der Waals surface area contributed by atoms with E-state index in [1.54, 1.807) is 19.1 Å². The fourth-order valence-electron chi connectivity index (χ4n) is 5.25. The summed E-state index contributed by atoms with van der Waals surface area (Å²) in [5, 5.41) is 10.6. The second-order valence-corrected chi connectivity index (χ2v) is 11.3. The predicted molar refractivity (Wildman–Crippen MR) is 164 cm³/mol. The second kappa shape index (κ2) is 15.3.